The van der Waals surface area contributed by atoms with Crippen LogP contribution in [0.2, 0.25) is 5.02 Å². The van der Waals surface area contributed by atoms with Crippen LogP contribution in [0.5, 0.6) is 5.75 Å². The molecule has 0 unspecified atom stereocenters. The van der Waals surface area contributed by atoms with Crippen LogP contribution in [-0.2, 0) is 6.61 Å². The van der Waals surface area contributed by atoms with Gasteiger partial charge in [-0.15, -0.1) is 0 Å². The predicted molar refractivity (Wildman–Crippen MR) is 73.2 cm³/mol. The molecule has 0 radical (unpaired) electrons. The molecule has 0 atom stereocenters. The van der Waals surface area contributed by atoms with Gasteiger partial charge in [0, 0.05) is 17.2 Å². The number of nitrogens with one attached hydrogen (secondary N) is 1. The zero-order chi connectivity index (χ0) is 14.7. The van der Waals surface area contributed by atoms with E-state index < -0.39 is 11.6 Å². The molecule has 6 heteroatoms. The van der Waals surface area contributed by atoms with E-state index in [1.807, 2.05) is 0 Å². The van der Waals surface area contributed by atoms with Gasteiger partial charge in [0.1, 0.15) is 29.8 Å². The summed E-state index contributed by atoms with van der Waals surface area (Å²) in [6.07, 6.45) is 0. The van der Waals surface area contributed by atoms with E-state index >= 15 is 0 Å². The molecule has 0 saturated carbocycles. The second-order valence-corrected chi connectivity index (χ2v) is 4.49. The topological polar surface area (TPSA) is 59.1 Å². The summed E-state index contributed by atoms with van der Waals surface area (Å²) >= 11 is 5.64. The SMILES string of the molecule is N=C(N)c1cc(F)ccc1COc1ccc(F)c(Cl)c1. The molecule has 0 heterocycles. The summed E-state index contributed by atoms with van der Waals surface area (Å²) in [5, 5.41) is 7.36. The maximum absolute atomic E-state index is 13.1. The number of hydrogen-bond acceptors (Lipinski definition) is 2. The van der Waals surface area contributed by atoms with E-state index in [9.17, 15) is 8.78 Å². The van der Waals surface area contributed by atoms with Gasteiger partial charge in [0.25, 0.3) is 0 Å². The largest absolute Gasteiger partial charge is 0.489 e. The van der Waals surface area contributed by atoms with Gasteiger partial charge in [-0.25, -0.2) is 8.78 Å². The maximum Gasteiger partial charge on any atom is 0.142 e. The van der Waals surface area contributed by atoms with Crippen LogP contribution in [-0.4, -0.2) is 5.84 Å². The number of rotatable bonds is 4. The van der Waals surface area contributed by atoms with Crippen molar-refractivity contribution in [1.82, 2.24) is 0 Å². The number of hydrogen-bond donors (Lipinski definition) is 2. The van der Waals surface area contributed by atoms with E-state index in [-0.39, 0.29) is 23.0 Å². The molecule has 2 aromatic rings. The molecule has 0 bridgehead atoms. The minimum atomic E-state index is -0.537. The molecular formula is C14H11ClF2N2O. The molecule has 0 amide bonds. The summed E-state index contributed by atoms with van der Waals surface area (Å²) < 4.78 is 31.6. The molecule has 0 spiro atoms. The first-order valence-corrected chi connectivity index (χ1v) is 6.06. The zero-order valence-electron chi connectivity index (χ0n) is 10.3. The van der Waals surface area contributed by atoms with Crippen molar-refractivity contribution in [1.29, 1.82) is 5.41 Å². The number of amidine groups is 1. The Morgan fingerprint density at radius 1 is 1.20 bits per heavy atom. The van der Waals surface area contributed by atoms with Crippen LogP contribution >= 0.6 is 11.6 Å². The molecule has 104 valence electrons. The van der Waals surface area contributed by atoms with Gasteiger partial charge in [-0.2, -0.15) is 0 Å². The third kappa shape index (κ3) is 3.24. The third-order valence-corrected chi connectivity index (χ3v) is 2.94. The predicted octanol–water partition coefficient (Wildman–Crippen LogP) is 3.48. The number of nitrogen functional groups attached to an aromatic ring is 1. The fourth-order valence-corrected chi connectivity index (χ4v) is 1.82. The molecule has 0 saturated heterocycles. The van der Waals surface area contributed by atoms with Gasteiger partial charge in [0.15, 0.2) is 0 Å². The van der Waals surface area contributed by atoms with Gasteiger partial charge in [0.05, 0.1) is 5.02 Å². The van der Waals surface area contributed by atoms with Crippen LogP contribution in [0.1, 0.15) is 11.1 Å². The summed E-state index contributed by atoms with van der Waals surface area (Å²) in [5.74, 6) is -0.899. The number of ether oxygens (including phenoxy) is 1. The van der Waals surface area contributed by atoms with Crippen molar-refractivity contribution >= 4 is 17.4 Å². The second-order valence-electron chi connectivity index (χ2n) is 4.08. The van der Waals surface area contributed by atoms with Gasteiger partial charge in [0.2, 0.25) is 0 Å². The van der Waals surface area contributed by atoms with Crippen LogP contribution in [0.3, 0.4) is 0 Å². The number of nitrogens with two attached hydrogens (primary N) is 1. The monoisotopic (exact) mass is 296 g/mol. The van der Waals surface area contributed by atoms with Crippen LogP contribution in [0.15, 0.2) is 36.4 Å². The molecular weight excluding hydrogens is 286 g/mol. The van der Waals surface area contributed by atoms with Crippen LogP contribution in [0.25, 0.3) is 0 Å². The quantitative estimate of drug-likeness (QED) is 0.670. The Kier molecular flexibility index (Phi) is 4.20. The van der Waals surface area contributed by atoms with Crippen molar-refractivity contribution in [2.75, 3.05) is 0 Å². The first-order chi connectivity index (χ1) is 9.47. The lowest BCUT2D eigenvalue weighted by molar-refractivity contribution is 0.305. The standard InChI is InChI=1S/C14H11ClF2N2O/c15-12-6-10(3-4-13(12)17)20-7-8-1-2-9(16)5-11(8)14(18)19/h1-6H,7H2,(H3,18,19). The average molecular weight is 297 g/mol. The van der Waals surface area contributed by atoms with Crippen molar-refractivity contribution in [2.45, 2.75) is 6.61 Å². The van der Waals surface area contributed by atoms with Crippen LogP contribution in [0, 0.1) is 17.0 Å². The molecule has 0 fully saturated rings. The van der Waals surface area contributed by atoms with E-state index in [0.29, 0.717) is 11.3 Å². The molecule has 2 aromatic carbocycles. The van der Waals surface area contributed by atoms with Gasteiger partial charge in [-0.05, 0) is 24.3 Å². The van der Waals surface area contributed by atoms with Gasteiger partial charge < -0.3 is 10.5 Å². The Hall–Kier alpha value is -2.14. The van der Waals surface area contributed by atoms with Gasteiger partial charge in [-0.1, -0.05) is 17.7 Å². The lowest BCUT2D eigenvalue weighted by atomic mass is 10.1. The maximum atomic E-state index is 13.1. The smallest absolute Gasteiger partial charge is 0.142 e. The zero-order valence-corrected chi connectivity index (χ0v) is 11.0. The van der Waals surface area contributed by atoms with Crippen LogP contribution < -0.4 is 10.5 Å². The highest BCUT2D eigenvalue weighted by molar-refractivity contribution is 6.30. The molecule has 0 aliphatic heterocycles. The van der Waals surface area contributed by atoms with Crippen molar-refractivity contribution in [3.63, 3.8) is 0 Å². The summed E-state index contributed by atoms with van der Waals surface area (Å²) in [4.78, 5) is 0. The summed E-state index contributed by atoms with van der Waals surface area (Å²) in [6.45, 7) is 0.0666. The summed E-state index contributed by atoms with van der Waals surface area (Å²) in [7, 11) is 0. The summed E-state index contributed by atoms with van der Waals surface area (Å²) in [6, 6.07) is 7.86. The Bertz CT molecular complexity index is 662. The van der Waals surface area contributed by atoms with Gasteiger partial charge in [-0.3, -0.25) is 5.41 Å². The highest BCUT2D eigenvalue weighted by Crippen LogP contribution is 2.22. The Labute approximate surface area is 119 Å². The molecule has 20 heavy (non-hydrogen) atoms. The highest BCUT2D eigenvalue weighted by Gasteiger charge is 2.08. The van der Waals surface area contributed by atoms with Crippen molar-refractivity contribution in [2.24, 2.45) is 5.73 Å². The van der Waals surface area contributed by atoms with Gasteiger partial charge >= 0.3 is 0 Å². The van der Waals surface area contributed by atoms with Crippen molar-refractivity contribution in [3.05, 3.63) is 64.2 Å². The lowest BCUT2D eigenvalue weighted by Crippen LogP contribution is -2.15. The molecule has 0 aliphatic rings. The van der Waals surface area contributed by atoms with Crippen LogP contribution in [0.4, 0.5) is 8.78 Å². The average Bonchev–Trinajstić information content (AvgIpc) is 2.41. The van der Waals surface area contributed by atoms with E-state index in [0.717, 1.165) is 0 Å². The van der Waals surface area contributed by atoms with E-state index in [1.165, 1.54) is 36.4 Å². The van der Waals surface area contributed by atoms with E-state index in [2.05, 4.69) is 0 Å². The Balaban J connectivity index is 2.18. The fourth-order valence-electron chi connectivity index (χ4n) is 1.65. The third-order valence-electron chi connectivity index (χ3n) is 2.65. The fraction of sp³-hybridized carbons (Fsp3) is 0.0714. The molecule has 0 aliphatic carbocycles. The molecule has 0 aromatic heterocycles. The Morgan fingerprint density at radius 3 is 2.60 bits per heavy atom. The number of halogens is 3. The lowest BCUT2D eigenvalue weighted by Gasteiger charge is -2.10. The molecule has 3 nitrogen and oxygen atoms in total. The summed E-state index contributed by atoms with van der Waals surface area (Å²) in [5.41, 5.74) is 6.20. The van der Waals surface area contributed by atoms with Crippen molar-refractivity contribution < 1.29 is 13.5 Å². The minimum Gasteiger partial charge on any atom is -0.489 e. The number of benzene rings is 2. The first kappa shape index (κ1) is 14.3. The first-order valence-electron chi connectivity index (χ1n) is 5.68. The van der Waals surface area contributed by atoms with E-state index in [1.54, 1.807) is 0 Å². The molecule has 3 N–H and O–H groups in total. The normalized spacial score (nSPS) is 10.3. The molecule has 2 rings (SSSR count). The highest BCUT2D eigenvalue weighted by atomic mass is 35.5. The Morgan fingerprint density at radius 2 is 1.95 bits per heavy atom. The van der Waals surface area contributed by atoms with Crippen molar-refractivity contribution in [3.8, 4) is 5.75 Å². The minimum absolute atomic E-state index is 0.0478. The second kappa shape index (κ2) is 5.88. The van der Waals surface area contributed by atoms with E-state index in [4.69, 9.17) is 27.5 Å².